The summed E-state index contributed by atoms with van der Waals surface area (Å²) in [6.07, 6.45) is 1.11. The van der Waals surface area contributed by atoms with Gasteiger partial charge in [-0.2, -0.15) is 0 Å². The number of carboxylic acid groups (broad SMARTS) is 1. The summed E-state index contributed by atoms with van der Waals surface area (Å²) in [5, 5.41) is 11.8. The van der Waals surface area contributed by atoms with Crippen LogP contribution in [0.15, 0.2) is 0 Å². The number of urea groups is 1. The highest BCUT2D eigenvalue weighted by atomic mass is 16.4. The molecule has 2 N–H and O–H groups in total. The van der Waals surface area contributed by atoms with E-state index in [9.17, 15) is 9.59 Å². The molecule has 110 valence electrons. The third kappa shape index (κ3) is 3.85. The summed E-state index contributed by atoms with van der Waals surface area (Å²) in [5.41, 5.74) is 0. The van der Waals surface area contributed by atoms with Crippen LogP contribution in [0.3, 0.4) is 0 Å². The Balaban J connectivity index is 2.73. The summed E-state index contributed by atoms with van der Waals surface area (Å²) in [6, 6.07) is -0.933. The lowest BCUT2D eigenvalue weighted by Crippen LogP contribution is -2.56. The quantitative estimate of drug-likeness (QED) is 0.825. The second-order valence-electron chi connectivity index (χ2n) is 6.22. The number of hydrogen-bond donors (Lipinski definition) is 2. The summed E-state index contributed by atoms with van der Waals surface area (Å²) >= 11 is 0. The highest BCUT2D eigenvalue weighted by molar-refractivity contribution is 5.83. The van der Waals surface area contributed by atoms with Crippen LogP contribution in [0.5, 0.6) is 0 Å². The van der Waals surface area contributed by atoms with Crippen molar-refractivity contribution in [3.05, 3.63) is 0 Å². The van der Waals surface area contributed by atoms with Gasteiger partial charge in [0.15, 0.2) is 0 Å². The number of carbonyl (C=O) groups is 2. The van der Waals surface area contributed by atoms with E-state index < -0.39 is 12.0 Å². The van der Waals surface area contributed by atoms with Gasteiger partial charge in [0.1, 0.15) is 6.04 Å². The van der Waals surface area contributed by atoms with E-state index >= 15 is 0 Å². The fourth-order valence-electron chi connectivity index (χ4n) is 2.71. The first-order valence-electron chi connectivity index (χ1n) is 7.04. The molecule has 1 rings (SSSR count). The Morgan fingerprint density at radius 2 is 1.84 bits per heavy atom. The maximum atomic E-state index is 12.3. The Bertz CT molecular complexity index is 344. The number of carboxylic acids is 1. The Kier molecular flexibility index (Phi) is 5.20. The van der Waals surface area contributed by atoms with Gasteiger partial charge in [0.25, 0.3) is 0 Å². The summed E-state index contributed by atoms with van der Waals surface area (Å²) in [7, 11) is 0. The molecule has 0 aromatic rings. The highest BCUT2D eigenvalue weighted by Gasteiger charge is 2.34. The van der Waals surface area contributed by atoms with Crippen molar-refractivity contribution in [3.8, 4) is 0 Å². The fourth-order valence-corrected chi connectivity index (χ4v) is 2.71. The molecule has 1 heterocycles. The Morgan fingerprint density at radius 3 is 2.32 bits per heavy atom. The van der Waals surface area contributed by atoms with Crippen LogP contribution in [0.25, 0.3) is 0 Å². The van der Waals surface area contributed by atoms with Crippen LogP contribution in [0.2, 0.25) is 0 Å². The third-order valence-corrected chi connectivity index (χ3v) is 4.07. The molecule has 2 amide bonds. The van der Waals surface area contributed by atoms with Gasteiger partial charge in [-0.25, -0.2) is 9.59 Å². The number of hydrogen-bond acceptors (Lipinski definition) is 2. The summed E-state index contributed by atoms with van der Waals surface area (Å²) in [6.45, 7) is 10.6. The van der Waals surface area contributed by atoms with Crippen molar-refractivity contribution >= 4 is 12.0 Å². The van der Waals surface area contributed by atoms with E-state index in [4.69, 9.17) is 5.11 Å². The largest absolute Gasteiger partial charge is 0.480 e. The second-order valence-corrected chi connectivity index (χ2v) is 6.22. The Morgan fingerprint density at radius 1 is 1.26 bits per heavy atom. The van der Waals surface area contributed by atoms with Gasteiger partial charge in [-0.1, -0.05) is 27.7 Å². The molecular weight excluding hydrogens is 244 g/mol. The van der Waals surface area contributed by atoms with Crippen molar-refractivity contribution in [2.75, 3.05) is 6.54 Å². The van der Waals surface area contributed by atoms with E-state index in [0.29, 0.717) is 18.4 Å². The molecule has 0 radical (unpaired) electrons. The lowest BCUT2D eigenvalue weighted by Gasteiger charge is -2.41. The van der Waals surface area contributed by atoms with Crippen molar-refractivity contribution in [1.29, 1.82) is 0 Å². The number of carbonyl (C=O) groups excluding carboxylic acids is 1. The average Bonchev–Trinajstić information content (AvgIpc) is 2.29. The van der Waals surface area contributed by atoms with Crippen LogP contribution in [-0.2, 0) is 4.79 Å². The van der Waals surface area contributed by atoms with Gasteiger partial charge in [-0.05, 0) is 31.1 Å². The topological polar surface area (TPSA) is 69.6 Å². The first kappa shape index (κ1) is 15.8. The normalized spacial score (nSPS) is 29.2. The van der Waals surface area contributed by atoms with Crippen LogP contribution < -0.4 is 5.32 Å². The van der Waals surface area contributed by atoms with Gasteiger partial charge < -0.3 is 15.3 Å². The molecule has 0 aromatic heterocycles. The molecule has 0 spiro atoms. The summed E-state index contributed by atoms with van der Waals surface area (Å²) in [5.74, 6) is -0.207. The molecule has 5 heteroatoms. The number of nitrogens with zero attached hydrogens (tertiary/aromatic N) is 1. The molecule has 0 saturated carbocycles. The van der Waals surface area contributed by atoms with E-state index in [0.717, 1.165) is 6.42 Å². The molecule has 1 aliphatic rings. The zero-order valence-electron chi connectivity index (χ0n) is 12.5. The van der Waals surface area contributed by atoms with Crippen molar-refractivity contribution in [2.24, 2.45) is 17.8 Å². The van der Waals surface area contributed by atoms with E-state index in [2.05, 4.69) is 19.2 Å². The average molecular weight is 270 g/mol. The van der Waals surface area contributed by atoms with Gasteiger partial charge in [0, 0.05) is 12.6 Å². The SMILES string of the molecule is CC1CC(C)C(C)N(C(=O)NC(C(=O)O)C(C)C)C1. The first-order chi connectivity index (χ1) is 8.73. The third-order valence-electron chi connectivity index (χ3n) is 4.07. The minimum atomic E-state index is -0.978. The maximum Gasteiger partial charge on any atom is 0.326 e. The van der Waals surface area contributed by atoms with Gasteiger partial charge in [-0.15, -0.1) is 0 Å². The minimum Gasteiger partial charge on any atom is -0.480 e. The Labute approximate surface area is 115 Å². The number of likely N-dealkylation sites (tertiary alicyclic amines) is 1. The van der Waals surface area contributed by atoms with Crippen LogP contribution in [0.4, 0.5) is 4.79 Å². The summed E-state index contributed by atoms with van der Waals surface area (Å²) in [4.78, 5) is 25.2. The van der Waals surface area contributed by atoms with Gasteiger partial charge >= 0.3 is 12.0 Å². The molecule has 19 heavy (non-hydrogen) atoms. The standard InChI is InChI=1S/C14H26N2O3/c1-8(2)12(13(17)18)15-14(19)16-7-9(3)6-10(4)11(16)5/h8-12H,6-7H2,1-5H3,(H,15,19)(H,17,18). The van der Waals surface area contributed by atoms with Crippen LogP contribution in [0, 0.1) is 17.8 Å². The molecule has 4 unspecified atom stereocenters. The lowest BCUT2D eigenvalue weighted by molar-refractivity contribution is -0.140. The van der Waals surface area contributed by atoms with Crippen molar-refractivity contribution in [2.45, 2.75) is 53.1 Å². The van der Waals surface area contributed by atoms with Gasteiger partial charge in [-0.3, -0.25) is 0 Å². The molecule has 1 aliphatic heterocycles. The summed E-state index contributed by atoms with van der Waals surface area (Å²) < 4.78 is 0. The molecule has 1 saturated heterocycles. The van der Waals surface area contributed by atoms with E-state index in [1.54, 1.807) is 18.7 Å². The fraction of sp³-hybridized carbons (Fsp3) is 0.857. The van der Waals surface area contributed by atoms with Crippen LogP contribution in [0.1, 0.15) is 41.0 Å². The number of aliphatic carboxylic acids is 1. The predicted octanol–water partition coefficient (Wildman–Crippen LogP) is 2.17. The molecule has 0 aliphatic carbocycles. The predicted molar refractivity (Wildman–Crippen MR) is 73.9 cm³/mol. The number of nitrogens with one attached hydrogen (secondary N) is 1. The van der Waals surface area contributed by atoms with Crippen molar-refractivity contribution < 1.29 is 14.7 Å². The van der Waals surface area contributed by atoms with E-state index in [1.807, 2.05) is 6.92 Å². The number of amides is 2. The number of rotatable bonds is 3. The van der Waals surface area contributed by atoms with E-state index in [-0.39, 0.29) is 18.0 Å². The molecule has 0 bridgehead atoms. The minimum absolute atomic E-state index is 0.128. The van der Waals surface area contributed by atoms with Crippen molar-refractivity contribution in [1.82, 2.24) is 10.2 Å². The first-order valence-corrected chi connectivity index (χ1v) is 7.04. The monoisotopic (exact) mass is 270 g/mol. The smallest absolute Gasteiger partial charge is 0.326 e. The molecule has 5 nitrogen and oxygen atoms in total. The van der Waals surface area contributed by atoms with Crippen LogP contribution >= 0.6 is 0 Å². The van der Waals surface area contributed by atoms with Gasteiger partial charge in [0.05, 0.1) is 0 Å². The maximum absolute atomic E-state index is 12.3. The van der Waals surface area contributed by atoms with Gasteiger partial charge in [0.2, 0.25) is 0 Å². The van der Waals surface area contributed by atoms with E-state index in [1.165, 1.54) is 0 Å². The molecular formula is C14H26N2O3. The molecule has 0 aromatic carbocycles. The highest BCUT2D eigenvalue weighted by Crippen LogP contribution is 2.26. The lowest BCUT2D eigenvalue weighted by atomic mass is 9.86. The van der Waals surface area contributed by atoms with Crippen LogP contribution in [-0.4, -0.2) is 40.6 Å². The second kappa shape index (κ2) is 6.26. The number of piperidine rings is 1. The zero-order chi connectivity index (χ0) is 14.7. The molecule has 4 atom stereocenters. The van der Waals surface area contributed by atoms with Crippen molar-refractivity contribution in [3.63, 3.8) is 0 Å². The zero-order valence-corrected chi connectivity index (χ0v) is 12.5. The Hall–Kier alpha value is -1.26. The molecule has 1 fully saturated rings.